The molecule has 2 aromatic rings. The Labute approximate surface area is 150 Å². The van der Waals surface area contributed by atoms with E-state index in [1.165, 1.54) is 0 Å². The van der Waals surface area contributed by atoms with Gasteiger partial charge < -0.3 is 15.2 Å². The normalized spacial score (nSPS) is 19.2. The predicted molar refractivity (Wildman–Crippen MR) is 94.2 cm³/mol. The van der Waals surface area contributed by atoms with Crippen molar-refractivity contribution < 1.29 is 9.59 Å². The van der Waals surface area contributed by atoms with Crippen LogP contribution < -0.4 is 5.32 Å². The van der Waals surface area contributed by atoms with E-state index in [1.807, 2.05) is 12.1 Å². The number of aromatic nitrogens is 2. The zero-order valence-electron chi connectivity index (χ0n) is 13.7. The van der Waals surface area contributed by atoms with Gasteiger partial charge in [0.15, 0.2) is 0 Å². The van der Waals surface area contributed by atoms with Gasteiger partial charge in [-0.1, -0.05) is 11.6 Å². The van der Waals surface area contributed by atoms with Gasteiger partial charge in [0.1, 0.15) is 11.5 Å². The summed E-state index contributed by atoms with van der Waals surface area (Å²) in [4.78, 5) is 34.0. The fraction of sp³-hybridized carbons (Fsp3) is 0.389. The van der Waals surface area contributed by atoms with Crippen molar-refractivity contribution in [3.8, 4) is 11.4 Å². The van der Waals surface area contributed by atoms with Crippen LogP contribution in [-0.4, -0.2) is 46.3 Å². The molecule has 7 heteroatoms. The minimum atomic E-state index is -0.265. The smallest absolute Gasteiger partial charge is 0.271 e. The highest BCUT2D eigenvalue weighted by atomic mass is 35.5. The van der Waals surface area contributed by atoms with Gasteiger partial charge in [0.2, 0.25) is 5.91 Å². The molecular formula is C18H19ClN4O2. The number of carbonyl (C=O) groups excluding carboxylic acids is 2. The number of hydrogen-bond donors (Lipinski definition) is 2. The standard InChI is InChI=1S/C18H19ClN4O2/c19-13-3-1-12(2-4-13)15-21-11-14(22-15)16(24)23-9-6-18(7-10-23)5-8-20-17(18)25/h1-4,11H,5-10H2,(H,20,25)(H,21,22). The van der Waals surface area contributed by atoms with E-state index in [4.69, 9.17) is 11.6 Å². The minimum absolute atomic E-state index is 0.0685. The fourth-order valence-corrected chi connectivity index (χ4v) is 3.81. The largest absolute Gasteiger partial charge is 0.356 e. The topological polar surface area (TPSA) is 78.1 Å². The summed E-state index contributed by atoms with van der Waals surface area (Å²) < 4.78 is 0. The number of imidazole rings is 1. The summed E-state index contributed by atoms with van der Waals surface area (Å²) in [5.41, 5.74) is 1.08. The number of nitrogens with one attached hydrogen (secondary N) is 2. The Kier molecular flexibility index (Phi) is 4.00. The van der Waals surface area contributed by atoms with Crippen molar-refractivity contribution in [2.45, 2.75) is 19.3 Å². The molecule has 1 spiro atoms. The number of amides is 2. The molecule has 1 aromatic carbocycles. The van der Waals surface area contributed by atoms with E-state index >= 15 is 0 Å². The molecule has 0 bridgehead atoms. The highest BCUT2D eigenvalue weighted by Gasteiger charge is 2.45. The van der Waals surface area contributed by atoms with Gasteiger partial charge in [-0.05, 0) is 43.5 Å². The van der Waals surface area contributed by atoms with Gasteiger partial charge in [0.05, 0.1) is 11.6 Å². The zero-order valence-corrected chi connectivity index (χ0v) is 14.5. The van der Waals surface area contributed by atoms with E-state index in [0.717, 1.165) is 31.4 Å². The van der Waals surface area contributed by atoms with Crippen LogP contribution in [0.3, 0.4) is 0 Å². The van der Waals surface area contributed by atoms with E-state index in [9.17, 15) is 9.59 Å². The molecule has 0 saturated carbocycles. The van der Waals surface area contributed by atoms with Crippen molar-refractivity contribution >= 4 is 23.4 Å². The van der Waals surface area contributed by atoms with Crippen molar-refractivity contribution in [2.24, 2.45) is 5.41 Å². The van der Waals surface area contributed by atoms with Gasteiger partial charge in [0, 0.05) is 30.2 Å². The molecule has 0 radical (unpaired) electrons. The van der Waals surface area contributed by atoms with Crippen molar-refractivity contribution in [3.63, 3.8) is 0 Å². The third kappa shape index (κ3) is 2.91. The first-order valence-corrected chi connectivity index (χ1v) is 8.84. The van der Waals surface area contributed by atoms with Gasteiger partial charge in [0.25, 0.3) is 5.91 Å². The molecule has 1 aromatic heterocycles. The SMILES string of the molecule is O=C(c1cnc(-c2ccc(Cl)cc2)[nH]1)N1CCC2(CCNC2=O)CC1. The number of nitrogens with zero attached hydrogens (tertiary/aromatic N) is 2. The van der Waals surface area contributed by atoms with Crippen molar-refractivity contribution in [1.82, 2.24) is 20.2 Å². The van der Waals surface area contributed by atoms with Gasteiger partial charge in [-0.2, -0.15) is 0 Å². The Bertz CT molecular complexity index is 807. The number of benzene rings is 1. The molecule has 0 aliphatic carbocycles. The summed E-state index contributed by atoms with van der Waals surface area (Å²) in [6.07, 6.45) is 3.89. The molecule has 4 rings (SSSR count). The predicted octanol–water partition coefficient (Wildman–Crippen LogP) is 2.47. The van der Waals surface area contributed by atoms with Crippen molar-refractivity contribution in [3.05, 3.63) is 41.2 Å². The number of likely N-dealkylation sites (tertiary alicyclic amines) is 1. The van der Waals surface area contributed by atoms with Crippen LogP contribution in [0.2, 0.25) is 5.02 Å². The zero-order chi connectivity index (χ0) is 17.4. The van der Waals surface area contributed by atoms with Crippen LogP contribution in [0.25, 0.3) is 11.4 Å². The second-order valence-electron chi connectivity index (χ2n) is 6.73. The second-order valence-corrected chi connectivity index (χ2v) is 7.17. The van der Waals surface area contributed by atoms with Crippen LogP contribution in [0.5, 0.6) is 0 Å². The third-order valence-corrected chi connectivity index (χ3v) is 5.55. The molecule has 0 atom stereocenters. The molecule has 0 unspecified atom stereocenters. The first kappa shape index (κ1) is 16.1. The molecule has 3 heterocycles. The molecule has 2 fully saturated rings. The molecule has 2 N–H and O–H groups in total. The Morgan fingerprint density at radius 2 is 1.88 bits per heavy atom. The number of hydrogen-bond acceptors (Lipinski definition) is 3. The lowest BCUT2D eigenvalue weighted by molar-refractivity contribution is -0.129. The third-order valence-electron chi connectivity index (χ3n) is 5.30. The molecule has 2 aliphatic heterocycles. The molecule has 6 nitrogen and oxygen atoms in total. The molecule has 2 amide bonds. The molecule has 2 saturated heterocycles. The maximum Gasteiger partial charge on any atom is 0.271 e. The van der Waals surface area contributed by atoms with E-state index in [0.29, 0.717) is 29.6 Å². The quantitative estimate of drug-likeness (QED) is 0.865. The summed E-state index contributed by atoms with van der Waals surface area (Å²) in [5.74, 6) is 0.718. The summed E-state index contributed by atoms with van der Waals surface area (Å²) >= 11 is 5.90. The Balaban J connectivity index is 1.45. The lowest BCUT2D eigenvalue weighted by atomic mass is 9.77. The maximum atomic E-state index is 12.7. The van der Waals surface area contributed by atoms with Crippen LogP contribution in [0.1, 0.15) is 29.8 Å². The highest BCUT2D eigenvalue weighted by molar-refractivity contribution is 6.30. The lowest BCUT2D eigenvalue weighted by Crippen LogP contribution is -2.46. The minimum Gasteiger partial charge on any atom is -0.356 e. The summed E-state index contributed by atoms with van der Waals surface area (Å²) in [6, 6.07) is 7.30. The molecular weight excluding hydrogens is 340 g/mol. The Hall–Kier alpha value is -2.34. The van der Waals surface area contributed by atoms with E-state index in [-0.39, 0.29) is 17.2 Å². The molecule has 130 valence electrons. The average molecular weight is 359 g/mol. The summed E-state index contributed by atoms with van der Waals surface area (Å²) in [6.45, 7) is 1.95. The van der Waals surface area contributed by atoms with E-state index < -0.39 is 0 Å². The Morgan fingerprint density at radius 3 is 2.52 bits per heavy atom. The van der Waals surface area contributed by atoms with E-state index in [2.05, 4.69) is 15.3 Å². The van der Waals surface area contributed by atoms with Crippen LogP contribution in [0, 0.1) is 5.41 Å². The van der Waals surface area contributed by atoms with Gasteiger partial charge in [-0.3, -0.25) is 9.59 Å². The highest BCUT2D eigenvalue weighted by Crippen LogP contribution is 2.38. The fourth-order valence-electron chi connectivity index (χ4n) is 3.69. The number of halogens is 1. The van der Waals surface area contributed by atoms with Crippen LogP contribution in [0.15, 0.2) is 30.5 Å². The van der Waals surface area contributed by atoms with E-state index in [1.54, 1.807) is 23.2 Å². The summed E-state index contributed by atoms with van der Waals surface area (Å²) in [7, 11) is 0. The summed E-state index contributed by atoms with van der Waals surface area (Å²) in [5, 5.41) is 3.57. The monoisotopic (exact) mass is 358 g/mol. The number of piperidine rings is 1. The number of H-pyrrole nitrogens is 1. The first-order valence-electron chi connectivity index (χ1n) is 8.46. The average Bonchev–Trinajstić information content (AvgIpc) is 3.24. The van der Waals surface area contributed by atoms with Gasteiger partial charge in [-0.25, -0.2) is 4.98 Å². The van der Waals surface area contributed by atoms with Crippen molar-refractivity contribution in [1.29, 1.82) is 0 Å². The number of aromatic amines is 1. The van der Waals surface area contributed by atoms with Crippen LogP contribution in [-0.2, 0) is 4.79 Å². The van der Waals surface area contributed by atoms with Gasteiger partial charge in [-0.15, -0.1) is 0 Å². The molecule has 25 heavy (non-hydrogen) atoms. The van der Waals surface area contributed by atoms with Gasteiger partial charge >= 0.3 is 0 Å². The lowest BCUT2D eigenvalue weighted by Gasteiger charge is -2.37. The van der Waals surface area contributed by atoms with Crippen molar-refractivity contribution in [2.75, 3.05) is 19.6 Å². The maximum absolute atomic E-state index is 12.7. The second kappa shape index (κ2) is 6.19. The number of rotatable bonds is 2. The van der Waals surface area contributed by atoms with Crippen LogP contribution >= 0.6 is 11.6 Å². The number of carbonyl (C=O) groups is 2. The van der Waals surface area contributed by atoms with Crippen LogP contribution in [0.4, 0.5) is 0 Å². The Morgan fingerprint density at radius 1 is 1.16 bits per heavy atom. The first-order chi connectivity index (χ1) is 12.1. The molecule has 2 aliphatic rings.